The second kappa shape index (κ2) is 6.97. The molecule has 0 bridgehead atoms. The van der Waals surface area contributed by atoms with E-state index in [0.29, 0.717) is 6.54 Å². The third-order valence-electron chi connectivity index (χ3n) is 2.73. The topological polar surface area (TPSA) is 49.3 Å². The minimum atomic E-state index is -0.454. The van der Waals surface area contributed by atoms with Gasteiger partial charge in [-0.1, -0.05) is 19.4 Å². The van der Waals surface area contributed by atoms with Gasteiger partial charge in [0.15, 0.2) is 0 Å². The van der Waals surface area contributed by atoms with Crippen LogP contribution in [-0.4, -0.2) is 35.2 Å². The highest BCUT2D eigenvalue weighted by atomic mass is 32.2. The van der Waals surface area contributed by atoms with Crippen molar-refractivity contribution in [2.75, 3.05) is 18.1 Å². The summed E-state index contributed by atoms with van der Waals surface area (Å²) in [6.45, 7) is 4.22. The first-order chi connectivity index (χ1) is 7.59. The lowest BCUT2D eigenvalue weighted by molar-refractivity contribution is -0.117. The van der Waals surface area contributed by atoms with Crippen LogP contribution in [0.25, 0.3) is 0 Å². The molecular weight excluding hydrogens is 222 g/mol. The Bertz CT molecular complexity index is 256. The molecule has 16 heavy (non-hydrogen) atoms. The van der Waals surface area contributed by atoms with Crippen LogP contribution in [0.2, 0.25) is 0 Å². The Morgan fingerprint density at radius 2 is 2.12 bits per heavy atom. The van der Waals surface area contributed by atoms with E-state index in [4.69, 9.17) is 0 Å². The number of hydrogen-bond acceptors (Lipinski definition) is 3. The third-order valence-corrected chi connectivity index (χ3v) is 3.71. The monoisotopic (exact) mass is 243 g/mol. The van der Waals surface area contributed by atoms with E-state index >= 15 is 0 Å². The van der Waals surface area contributed by atoms with Gasteiger partial charge in [-0.25, -0.2) is 0 Å². The SMILES string of the molecule is CC(C)C(O)CNC(=O)C=C1CCSCC1. The Morgan fingerprint density at radius 3 is 2.69 bits per heavy atom. The minimum absolute atomic E-state index is 0.0680. The van der Waals surface area contributed by atoms with E-state index in [2.05, 4.69) is 5.32 Å². The molecule has 1 aliphatic rings. The molecule has 1 fully saturated rings. The average Bonchev–Trinajstić information content (AvgIpc) is 2.27. The van der Waals surface area contributed by atoms with E-state index in [0.717, 1.165) is 24.3 Å². The lowest BCUT2D eigenvalue weighted by Gasteiger charge is -2.15. The number of carbonyl (C=O) groups excluding carboxylic acids is 1. The molecule has 1 rings (SSSR count). The van der Waals surface area contributed by atoms with Crippen LogP contribution >= 0.6 is 11.8 Å². The van der Waals surface area contributed by atoms with Crippen LogP contribution in [0.1, 0.15) is 26.7 Å². The molecular formula is C12H21NO2S. The lowest BCUT2D eigenvalue weighted by Crippen LogP contribution is -2.34. The van der Waals surface area contributed by atoms with Gasteiger partial charge in [0.2, 0.25) is 5.91 Å². The zero-order valence-corrected chi connectivity index (χ0v) is 10.8. The molecule has 3 nitrogen and oxygen atoms in total. The fourth-order valence-electron chi connectivity index (χ4n) is 1.46. The van der Waals surface area contributed by atoms with Gasteiger partial charge < -0.3 is 10.4 Å². The van der Waals surface area contributed by atoms with Gasteiger partial charge in [-0.05, 0) is 30.3 Å². The first-order valence-corrected chi connectivity index (χ1v) is 6.98. The van der Waals surface area contributed by atoms with Crippen LogP contribution in [0.5, 0.6) is 0 Å². The first kappa shape index (κ1) is 13.6. The maximum atomic E-state index is 11.5. The van der Waals surface area contributed by atoms with Gasteiger partial charge in [0.05, 0.1) is 6.10 Å². The van der Waals surface area contributed by atoms with Gasteiger partial charge in [0.25, 0.3) is 0 Å². The Hall–Kier alpha value is -0.480. The number of allylic oxidation sites excluding steroid dienone is 1. The predicted molar refractivity (Wildman–Crippen MR) is 68.5 cm³/mol. The number of amides is 1. The van der Waals surface area contributed by atoms with Crippen LogP contribution in [0.4, 0.5) is 0 Å². The molecule has 0 aromatic carbocycles. The second-order valence-corrected chi connectivity index (χ2v) is 5.70. The van der Waals surface area contributed by atoms with Crippen molar-refractivity contribution in [2.45, 2.75) is 32.8 Å². The number of hydrogen-bond donors (Lipinski definition) is 2. The van der Waals surface area contributed by atoms with Crippen molar-refractivity contribution in [3.63, 3.8) is 0 Å². The van der Waals surface area contributed by atoms with Gasteiger partial charge in [-0.15, -0.1) is 0 Å². The van der Waals surface area contributed by atoms with Crippen molar-refractivity contribution in [2.24, 2.45) is 5.92 Å². The summed E-state index contributed by atoms with van der Waals surface area (Å²) in [7, 11) is 0. The van der Waals surface area contributed by atoms with Crippen LogP contribution in [-0.2, 0) is 4.79 Å². The fraction of sp³-hybridized carbons (Fsp3) is 0.750. The summed E-state index contributed by atoms with van der Waals surface area (Å²) in [4.78, 5) is 11.5. The third kappa shape index (κ3) is 5.03. The molecule has 1 aliphatic heterocycles. The molecule has 1 atom stereocenters. The van der Waals surface area contributed by atoms with Gasteiger partial charge in [0, 0.05) is 12.6 Å². The van der Waals surface area contributed by atoms with Gasteiger partial charge in [-0.2, -0.15) is 11.8 Å². The fourth-order valence-corrected chi connectivity index (χ4v) is 2.47. The van der Waals surface area contributed by atoms with Gasteiger partial charge in [-0.3, -0.25) is 4.79 Å². The van der Waals surface area contributed by atoms with Gasteiger partial charge >= 0.3 is 0 Å². The number of carbonyl (C=O) groups is 1. The van der Waals surface area contributed by atoms with Crippen LogP contribution in [0.15, 0.2) is 11.6 Å². The molecule has 1 saturated heterocycles. The number of aliphatic hydroxyl groups is 1. The number of rotatable bonds is 4. The summed E-state index contributed by atoms with van der Waals surface area (Å²) in [5.74, 6) is 2.35. The molecule has 1 unspecified atom stereocenters. The number of thioether (sulfide) groups is 1. The van der Waals surface area contributed by atoms with E-state index < -0.39 is 6.10 Å². The quantitative estimate of drug-likeness (QED) is 0.737. The molecule has 0 spiro atoms. The van der Waals surface area contributed by atoms with Crippen molar-refractivity contribution in [1.29, 1.82) is 0 Å². The van der Waals surface area contributed by atoms with Gasteiger partial charge in [0.1, 0.15) is 0 Å². The molecule has 4 heteroatoms. The van der Waals surface area contributed by atoms with Crippen molar-refractivity contribution in [1.82, 2.24) is 5.32 Å². The average molecular weight is 243 g/mol. The molecule has 1 amide bonds. The normalized spacial score (nSPS) is 18.4. The first-order valence-electron chi connectivity index (χ1n) is 5.82. The maximum Gasteiger partial charge on any atom is 0.244 e. The van der Waals surface area contributed by atoms with E-state index in [1.54, 1.807) is 6.08 Å². The van der Waals surface area contributed by atoms with Crippen LogP contribution in [0.3, 0.4) is 0 Å². The molecule has 1 heterocycles. The predicted octanol–water partition coefficient (Wildman–Crippen LogP) is 1.57. The largest absolute Gasteiger partial charge is 0.391 e. The summed E-state index contributed by atoms with van der Waals surface area (Å²) < 4.78 is 0. The van der Waals surface area contributed by atoms with E-state index in [1.165, 1.54) is 5.57 Å². The molecule has 92 valence electrons. The zero-order chi connectivity index (χ0) is 12.0. The van der Waals surface area contributed by atoms with Crippen molar-refractivity contribution < 1.29 is 9.90 Å². The van der Waals surface area contributed by atoms with Crippen molar-refractivity contribution >= 4 is 17.7 Å². The smallest absolute Gasteiger partial charge is 0.244 e. The molecule has 0 aromatic rings. The molecule has 0 radical (unpaired) electrons. The summed E-state index contributed by atoms with van der Waals surface area (Å²) in [6, 6.07) is 0. The summed E-state index contributed by atoms with van der Waals surface area (Å²) in [5, 5.41) is 12.3. The standard InChI is InChI=1S/C12H21NO2S/c1-9(2)11(14)8-13-12(15)7-10-3-5-16-6-4-10/h7,9,11,14H,3-6,8H2,1-2H3,(H,13,15). The maximum absolute atomic E-state index is 11.5. The Morgan fingerprint density at radius 1 is 1.50 bits per heavy atom. The Labute approximate surface area is 102 Å². The Kier molecular flexibility index (Phi) is 5.91. The minimum Gasteiger partial charge on any atom is -0.391 e. The zero-order valence-electron chi connectivity index (χ0n) is 10.0. The van der Waals surface area contributed by atoms with Crippen LogP contribution in [0, 0.1) is 5.92 Å². The van der Waals surface area contributed by atoms with E-state index in [9.17, 15) is 9.90 Å². The molecule has 0 aliphatic carbocycles. The Balaban J connectivity index is 2.29. The number of nitrogens with one attached hydrogen (secondary N) is 1. The lowest BCUT2D eigenvalue weighted by atomic mass is 10.1. The summed E-state index contributed by atoms with van der Waals surface area (Å²) >= 11 is 1.94. The van der Waals surface area contributed by atoms with E-state index in [-0.39, 0.29) is 11.8 Å². The molecule has 2 N–H and O–H groups in total. The van der Waals surface area contributed by atoms with Crippen LogP contribution < -0.4 is 5.32 Å². The van der Waals surface area contributed by atoms with E-state index in [1.807, 2.05) is 25.6 Å². The molecule has 0 saturated carbocycles. The summed E-state index contributed by atoms with van der Waals surface area (Å²) in [6.07, 6.45) is 3.28. The summed E-state index contributed by atoms with van der Waals surface area (Å²) in [5.41, 5.74) is 1.23. The second-order valence-electron chi connectivity index (χ2n) is 4.47. The highest BCUT2D eigenvalue weighted by Gasteiger charge is 2.11. The highest BCUT2D eigenvalue weighted by molar-refractivity contribution is 7.99. The highest BCUT2D eigenvalue weighted by Crippen LogP contribution is 2.21. The van der Waals surface area contributed by atoms with Crippen molar-refractivity contribution in [3.8, 4) is 0 Å². The van der Waals surface area contributed by atoms with Crippen molar-refractivity contribution in [3.05, 3.63) is 11.6 Å². The number of aliphatic hydroxyl groups excluding tert-OH is 1. The molecule has 0 aromatic heterocycles.